The molecule has 1 aromatic carbocycles. The van der Waals surface area contributed by atoms with E-state index in [0.29, 0.717) is 11.7 Å². The number of hydrogen-bond donors (Lipinski definition) is 3. The predicted molar refractivity (Wildman–Crippen MR) is 127 cm³/mol. The minimum atomic E-state index is -0.574. The van der Waals surface area contributed by atoms with E-state index in [1.807, 2.05) is 43.5 Å². The monoisotopic (exact) mass is 445 g/mol. The number of ether oxygens (including phenoxy) is 1. The zero-order chi connectivity index (χ0) is 22.8. The number of fused-ring (bicyclic) bond motifs is 1. The van der Waals surface area contributed by atoms with Gasteiger partial charge in [0.15, 0.2) is 5.82 Å². The van der Waals surface area contributed by atoms with E-state index >= 15 is 0 Å². The fourth-order valence-electron chi connectivity index (χ4n) is 4.19. The van der Waals surface area contributed by atoms with Crippen LogP contribution in [0.15, 0.2) is 55.1 Å². The molecular weight excluding hydrogens is 418 g/mol. The summed E-state index contributed by atoms with van der Waals surface area (Å²) in [6, 6.07) is 9.97. The molecule has 33 heavy (non-hydrogen) atoms. The largest absolute Gasteiger partial charge is 0.495 e. The standard InChI is InChI=1S/C24H27N7O2/c1-24(32)9-7-17(8-10-24)27-22-20-4-3-13-31(20)30-23(29-22)28-18-6-5-16(14-21(18)33-2)19-15-25-11-12-26-19/h3-6,11-15,17,32H,7-10H2,1-2H3,(H2,27,28,29,30). The molecule has 0 unspecified atom stereocenters. The van der Waals surface area contributed by atoms with Gasteiger partial charge >= 0.3 is 0 Å². The number of benzene rings is 1. The summed E-state index contributed by atoms with van der Waals surface area (Å²) >= 11 is 0. The summed E-state index contributed by atoms with van der Waals surface area (Å²) in [6.07, 6.45) is 10.2. The molecule has 1 aliphatic carbocycles. The van der Waals surface area contributed by atoms with Crippen LogP contribution in [0.5, 0.6) is 5.75 Å². The van der Waals surface area contributed by atoms with Crippen LogP contribution >= 0.6 is 0 Å². The van der Waals surface area contributed by atoms with Gasteiger partial charge in [0, 0.05) is 30.2 Å². The second kappa shape index (κ2) is 8.67. The molecule has 1 saturated carbocycles. The Labute approximate surface area is 191 Å². The molecule has 3 N–H and O–H groups in total. The summed E-state index contributed by atoms with van der Waals surface area (Å²) < 4.78 is 7.41. The smallest absolute Gasteiger partial charge is 0.247 e. The third kappa shape index (κ3) is 4.58. The summed E-state index contributed by atoms with van der Waals surface area (Å²) in [5, 5.41) is 21.7. The highest BCUT2D eigenvalue weighted by atomic mass is 16.5. The van der Waals surface area contributed by atoms with Crippen molar-refractivity contribution in [2.75, 3.05) is 17.7 Å². The van der Waals surface area contributed by atoms with Crippen LogP contribution in [0.4, 0.5) is 17.5 Å². The molecule has 0 spiro atoms. The molecule has 5 rings (SSSR count). The van der Waals surface area contributed by atoms with Crippen LogP contribution in [0.2, 0.25) is 0 Å². The van der Waals surface area contributed by atoms with Gasteiger partial charge in [0.25, 0.3) is 0 Å². The second-order valence-corrected chi connectivity index (χ2v) is 8.67. The lowest BCUT2D eigenvalue weighted by Gasteiger charge is -2.33. The van der Waals surface area contributed by atoms with Gasteiger partial charge in [-0.25, -0.2) is 4.52 Å². The van der Waals surface area contributed by atoms with Crippen LogP contribution in [0, 0.1) is 0 Å². The molecule has 0 aliphatic heterocycles. The Balaban J connectivity index is 1.41. The van der Waals surface area contributed by atoms with Gasteiger partial charge in [0.1, 0.15) is 11.3 Å². The van der Waals surface area contributed by atoms with Crippen LogP contribution in [0.3, 0.4) is 0 Å². The zero-order valence-corrected chi connectivity index (χ0v) is 18.7. The minimum absolute atomic E-state index is 0.257. The summed E-state index contributed by atoms with van der Waals surface area (Å²) in [4.78, 5) is 13.2. The highest BCUT2D eigenvalue weighted by molar-refractivity contribution is 5.73. The van der Waals surface area contributed by atoms with Crippen LogP contribution < -0.4 is 15.4 Å². The normalized spacial score (nSPS) is 20.5. The molecule has 0 saturated heterocycles. The molecule has 9 heteroatoms. The van der Waals surface area contributed by atoms with Crippen LogP contribution in [0.25, 0.3) is 16.8 Å². The molecule has 3 heterocycles. The Morgan fingerprint density at radius 2 is 2.03 bits per heavy atom. The number of aromatic nitrogens is 5. The lowest BCUT2D eigenvalue weighted by Crippen LogP contribution is -2.36. The first kappa shape index (κ1) is 21.1. The van der Waals surface area contributed by atoms with Crippen LogP contribution in [-0.4, -0.2) is 48.4 Å². The number of aliphatic hydroxyl groups is 1. The van der Waals surface area contributed by atoms with Crippen molar-refractivity contribution >= 4 is 23.0 Å². The summed E-state index contributed by atoms with van der Waals surface area (Å²) in [5.41, 5.74) is 2.75. The van der Waals surface area contributed by atoms with Crippen LogP contribution in [-0.2, 0) is 0 Å². The number of methoxy groups -OCH3 is 1. The van der Waals surface area contributed by atoms with Gasteiger partial charge in [-0.3, -0.25) is 9.97 Å². The van der Waals surface area contributed by atoms with Crippen molar-refractivity contribution in [2.24, 2.45) is 0 Å². The van der Waals surface area contributed by atoms with Crippen molar-refractivity contribution < 1.29 is 9.84 Å². The van der Waals surface area contributed by atoms with Gasteiger partial charge in [-0.1, -0.05) is 6.07 Å². The first-order valence-electron chi connectivity index (χ1n) is 11.1. The van der Waals surface area contributed by atoms with Crippen molar-refractivity contribution in [2.45, 2.75) is 44.2 Å². The van der Waals surface area contributed by atoms with E-state index in [9.17, 15) is 5.11 Å². The van der Waals surface area contributed by atoms with Crippen LogP contribution in [0.1, 0.15) is 32.6 Å². The number of anilines is 3. The van der Waals surface area contributed by atoms with Crippen molar-refractivity contribution in [3.8, 4) is 17.0 Å². The zero-order valence-electron chi connectivity index (χ0n) is 18.7. The molecular formula is C24H27N7O2. The Kier molecular flexibility index (Phi) is 5.55. The van der Waals surface area contributed by atoms with Gasteiger partial charge in [-0.2, -0.15) is 4.98 Å². The first-order chi connectivity index (χ1) is 16.0. The highest BCUT2D eigenvalue weighted by Crippen LogP contribution is 2.33. The van der Waals surface area contributed by atoms with Gasteiger partial charge < -0.3 is 20.5 Å². The quantitative estimate of drug-likeness (QED) is 0.408. The molecule has 1 aliphatic rings. The van der Waals surface area contributed by atoms with Crippen molar-refractivity contribution in [1.82, 2.24) is 24.6 Å². The van der Waals surface area contributed by atoms with Crippen molar-refractivity contribution in [3.05, 3.63) is 55.1 Å². The predicted octanol–water partition coefficient (Wildman–Crippen LogP) is 4.04. The third-order valence-electron chi connectivity index (χ3n) is 6.10. The molecule has 170 valence electrons. The summed E-state index contributed by atoms with van der Waals surface area (Å²) in [5.74, 6) is 1.87. The Bertz CT molecular complexity index is 1250. The maximum Gasteiger partial charge on any atom is 0.247 e. The second-order valence-electron chi connectivity index (χ2n) is 8.67. The van der Waals surface area contributed by atoms with E-state index in [2.05, 4.69) is 25.7 Å². The number of hydrogen-bond acceptors (Lipinski definition) is 8. The van der Waals surface area contributed by atoms with E-state index in [1.165, 1.54) is 0 Å². The van der Waals surface area contributed by atoms with E-state index in [4.69, 9.17) is 9.72 Å². The average Bonchev–Trinajstić information content (AvgIpc) is 3.30. The fourth-order valence-corrected chi connectivity index (χ4v) is 4.19. The maximum atomic E-state index is 10.3. The SMILES string of the molecule is COc1cc(-c2cnccn2)ccc1Nc1nc(NC2CCC(C)(O)CC2)c2cccn2n1. The molecule has 3 aromatic heterocycles. The first-order valence-corrected chi connectivity index (χ1v) is 11.1. The van der Waals surface area contributed by atoms with Gasteiger partial charge in [0.2, 0.25) is 5.95 Å². The Morgan fingerprint density at radius 1 is 1.18 bits per heavy atom. The topological polar surface area (TPSA) is 109 Å². The highest BCUT2D eigenvalue weighted by Gasteiger charge is 2.29. The summed E-state index contributed by atoms with van der Waals surface area (Å²) in [7, 11) is 1.63. The molecule has 9 nitrogen and oxygen atoms in total. The Hall–Kier alpha value is -3.72. The lowest BCUT2D eigenvalue weighted by molar-refractivity contribution is 0.0196. The molecule has 0 atom stereocenters. The number of rotatable bonds is 6. The minimum Gasteiger partial charge on any atom is -0.495 e. The number of nitrogens with one attached hydrogen (secondary N) is 2. The van der Waals surface area contributed by atoms with Crippen molar-refractivity contribution in [1.29, 1.82) is 0 Å². The maximum absolute atomic E-state index is 10.3. The third-order valence-corrected chi connectivity index (χ3v) is 6.10. The van der Waals surface area contributed by atoms with Gasteiger partial charge in [-0.15, -0.1) is 5.10 Å². The molecule has 1 fully saturated rings. The van der Waals surface area contributed by atoms with Gasteiger partial charge in [0.05, 0.1) is 30.3 Å². The molecule has 0 amide bonds. The average molecular weight is 446 g/mol. The Morgan fingerprint density at radius 3 is 2.79 bits per heavy atom. The van der Waals surface area contributed by atoms with Crippen molar-refractivity contribution in [3.63, 3.8) is 0 Å². The van der Waals surface area contributed by atoms with Gasteiger partial charge in [-0.05, 0) is 56.9 Å². The summed E-state index contributed by atoms with van der Waals surface area (Å²) in [6.45, 7) is 1.91. The van der Waals surface area contributed by atoms with E-state index in [1.54, 1.807) is 30.2 Å². The van der Waals surface area contributed by atoms with E-state index < -0.39 is 5.60 Å². The van der Waals surface area contributed by atoms with E-state index in [-0.39, 0.29) is 6.04 Å². The molecule has 4 aromatic rings. The van der Waals surface area contributed by atoms with E-state index in [0.717, 1.165) is 54.0 Å². The molecule has 0 bridgehead atoms. The number of nitrogens with zero attached hydrogens (tertiary/aromatic N) is 5. The molecule has 0 radical (unpaired) electrons. The lowest BCUT2D eigenvalue weighted by atomic mass is 9.84. The fraction of sp³-hybridized carbons (Fsp3) is 0.333.